The van der Waals surface area contributed by atoms with Gasteiger partial charge in [-0.15, -0.1) is 0 Å². The molecule has 1 aliphatic heterocycles. The zero-order chi connectivity index (χ0) is 23.9. The number of aliphatic carboxylic acids is 1. The fourth-order valence-corrected chi connectivity index (χ4v) is 3.39. The van der Waals surface area contributed by atoms with Gasteiger partial charge in [0.25, 0.3) is 0 Å². The molecule has 5 nitrogen and oxygen atoms in total. The summed E-state index contributed by atoms with van der Waals surface area (Å²) in [5.74, 6) is -17.8. The second-order valence-electron chi connectivity index (χ2n) is 5.87. The van der Waals surface area contributed by atoms with Gasteiger partial charge in [0.1, 0.15) is 6.02 Å². The van der Waals surface area contributed by atoms with E-state index in [9.17, 15) is 41.4 Å². The molecular weight excluding hydrogens is 409 g/mol. The van der Waals surface area contributed by atoms with Crippen LogP contribution in [0.1, 0.15) is 34.2 Å². The minimum atomic E-state index is -2.52. The number of amides is 1. The molecule has 1 aromatic carbocycles. The van der Waals surface area contributed by atoms with Crippen LogP contribution in [0.3, 0.4) is 0 Å². The van der Waals surface area contributed by atoms with Crippen molar-refractivity contribution in [2.24, 2.45) is 5.92 Å². The highest BCUT2D eigenvalue weighted by Gasteiger charge is 2.36. The fraction of sp³-hybridized carbons (Fsp3) is 0.471. The van der Waals surface area contributed by atoms with Gasteiger partial charge in [-0.1, -0.05) is 6.92 Å². The van der Waals surface area contributed by atoms with Gasteiger partial charge in [-0.2, -0.15) is 11.8 Å². The number of carboxylic acid groups (broad SMARTS) is 1. The van der Waals surface area contributed by atoms with Gasteiger partial charge in [0.2, 0.25) is 11.7 Å². The normalized spacial score (nSPS) is 23.6. The number of carbonyl (C=O) groups is 3. The van der Waals surface area contributed by atoms with Gasteiger partial charge in [0.05, 0.1) is 12.7 Å². The molecule has 0 radical (unpaired) electrons. The minimum absolute atomic E-state index is 0.276. The summed E-state index contributed by atoms with van der Waals surface area (Å²) < 4.78 is 90.5. The van der Waals surface area contributed by atoms with Crippen LogP contribution < -0.4 is 0 Å². The second kappa shape index (κ2) is 8.89. The van der Waals surface area contributed by atoms with E-state index in [0.717, 1.165) is 0 Å². The van der Waals surface area contributed by atoms with Gasteiger partial charge in [-0.3, -0.25) is 9.59 Å². The summed E-state index contributed by atoms with van der Waals surface area (Å²) in [7, 11) is 0. The Bertz CT molecular complexity index is 922. The lowest BCUT2D eigenvalue weighted by molar-refractivity contribution is -0.149. The Kier molecular flexibility index (Phi) is 5.68. The molecule has 1 fully saturated rings. The fourth-order valence-electron chi connectivity index (χ4n) is 2.45. The molecule has 1 saturated heterocycles. The number of benzene rings is 1. The van der Waals surface area contributed by atoms with Crippen LogP contribution in [0.5, 0.6) is 0 Å². The zero-order valence-corrected chi connectivity index (χ0v) is 15.1. The molecule has 0 spiro atoms. The number of nitrogens with zero attached hydrogens (tertiary/aromatic N) is 1. The van der Waals surface area contributed by atoms with Crippen LogP contribution in [0.2, 0.25) is 0 Å². The summed E-state index contributed by atoms with van der Waals surface area (Å²) in [5, 5.41) is 9.24. The summed E-state index contributed by atoms with van der Waals surface area (Å²) in [4.78, 5) is 36.3. The van der Waals surface area contributed by atoms with E-state index < -0.39 is 82.9 Å². The lowest BCUT2D eigenvalue weighted by Gasteiger charge is -2.24. The van der Waals surface area contributed by atoms with Gasteiger partial charge < -0.3 is 10.0 Å². The van der Waals surface area contributed by atoms with Crippen molar-refractivity contribution in [1.82, 2.24) is 4.90 Å². The van der Waals surface area contributed by atoms with Crippen molar-refractivity contribution in [3.8, 4) is 0 Å². The Labute approximate surface area is 165 Å². The van der Waals surface area contributed by atoms with E-state index in [1.54, 1.807) is 0 Å². The third-order valence-electron chi connectivity index (χ3n) is 3.88. The number of ketones is 1. The molecule has 0 unspecified atom stereocenters. The van der Waals surface area contributed by atoms with E-state index in [-0.39, 0.29) is 12.2 Å². The topological polar surface area (TPSA) is 74.7 Å². The molecule has 1 amide bonds. The van der Waals surface area contributed by atoms with Gasteiger partial charge in [0, 0.05) is 20.9 Å². The van der Waals surface area contributed by atoms with Crippen LogP contribution in [-0.4, -0.2) is 51.7 Å². The van der Waals surface area contributed by atoms with Crippen molar-refractivity contribution in [3.05, 3.63) is 34.6 Å². The molecular formula is C17H16F5NO4S. The lowest BCUT2D eigenvalue weighted by Crippen LogP contribution is -2.43. The van der Waals surface area contributed by atoms with Crippen molar-refractivity contribution >= 4 is 29.4 Å². The van der Waals surface area contributed by atoms with Crippen LogP contribution in [0.15, 0.2) is 0 Å². The molecule has 1 aromatic rings. The summed E-state index contributed by atoms with van der Waals surface area (Å²) >= 11 is 0.593. The Hall–Kier alpha value is -2.17. The van der Waals surface area contributed by atoms with E-state index in [1.165, 1.54) is 6.92 Å². The number of likely N-dealkylation sites (tertiary alicyclic amines) is 1. The summed E-state index contributed by atoms with van der Waals surface area (Å²) in [6.07, 6.45) is -0.827. The monoisotopic (exact) mass is 428 g/mol. The van der Waals surface area contributed by atoms with Crippen LogP contribution >= 0.6 is 11.8 Å². The Morgan fingerprint density at radius 2 is 1.71 bits per heavy atom. The molecule has 0 aromatic heterocycles. The van der Waals surface area contributed by atoms with Crippen molar-refractivity contribution in [2.75, 3.05) is 18.0 Å². The van der Waals surface area contributed by atoms with Gasteiger partial charge >= 0.3 is 5.97 Å². The summed E-state index contributed by atoms with van der Waals surface area (Å²) in [6.45, 7) is -1.14. The maximum Gasteiger partial charge on any atom is 0.326 e. The molecule has 0 aliphatic carbocycles. The first-order chi connectivity index (χ1) is 14.2. The molecule has 154 valence electrons. The van der Waals surface area contributed by atoms with E-state index in [1.807, 2.05) is 0 Å². The molecule has 1 heterocycles. The van der Waals surface area contributed by atoms with E-state index in [2.05, 4.69) is 0 Å². The molecule has 1 aliphatic rings. The first kappa shape index (κ1) is 17.9. The van der Waals surface area contributed by atoms with Crippen LogP contribution in [0.25, 0.3) is 0 Å². The molecule has 2 rings (SSSR count). The largest absolute Gasteiger partial charge is 0.480 e. The highest BCUT2D eigenvalue weighted by molar-refractivity contribution is 8.00. The lowest BCUT2D eigenvalue weighted by atomic mass is 10.1. The molecule has 28 heavy (non-hydrogen) atoms. The zero-order valence-electron chi connectivity index (χ0n) is 17.3. The smallest absolute Gasteiger partial charge is 0.326 e. The quantitative estimate of drug-likeness (QED) is 0.313. The number of thioether (sulfide) groups is 1. The molecule has 2 atom stereocenters. The Morgan fingerprint density at radius 3 is 2.25 bits per heavy atom. The summed E-state index contributed by atoms with van der Waals surface area (Å²) in [6, 6.07) is -2.52. The number of hydrogen-bond donors (Lipinski definition) is 1. The molecule has 0 bridgehead atoms. The molecule has 0 saturated carbocycles. The number of carbonyl (C=O) groups excluding carboxylic acids is 2. The molecule has 11 heteroatoms. The number of halogens is 5. The Morgan fingerprint density at radius 1 is 1.18 bits per heavy atom. The van der Waals surface area contributed by atoms with E-state index in [4.69, 9.17) is 4.11 Å². The minimum Gasteiger partial charge on any atom is -0.480 e. The van der Waals surface area contributed by atoms with Crippen molar-refractivity contribution in [2.45, 2.75) is 25.8 Å². The number of carboxylic acids is 1. The molecule has 1 N–H and O–H groups in total. The first-order valence-corrected chi connectivity index (χ1v) is 9.02. The number of Topliss-reactive ketones (excluding diaryl/α,β-unsaturated/α-hetero) is 1. The number of hydrogen-bond acceptors (Lipinski definition) is 4. The van der Waals surface area contributed by atoms with Crippen molar-refractivity contribution in [3.63, 3.8) is 0 Å². The second-order valence-corrected chi connectivity index (χ2v) is 6.90. The van der Waals surface area contributed by atoms with Crippen LogP contribution in [-0.2, 0) is 9.59 Å². The third-order valence-corrected chi connectivity index (χ3v) is 5.08. The van der Waals surface area contributed by atoms with Crippen molar-refractivity contribution < 1.29 is 45.6 Å². The SMILES string of the molecule is [2H]C1([2H])CC[C@@]([2H])(C(=O)O)N1C(=O)[C@H](C)CSCC(=O)c1c(F)c(F)c(F)c(F)c1F. The van der Waals surface area contributed by atoms with Gasteiger partial charge in [-0.05, 0) is 12.8 Å². The highest BCUT2D eigenvalue weighted by atomic mass is 32.2. The maximum atomic E-state index is 13.7. The average Bonchev–Trinajstić information content (AvgIpc) is 2.94. The first-order valence-electron chi connectivity index (χ1n) is 9.36. The third kappa shape index (κ3) is 4.29. The van der Waals surface area contributed by atoms with Crippen molar-refractivity contribution in [1.29, 1.82) is 0 Å². The highest BCUT2D eigenvalue weighted by Crippen LogP contribution is 2.25. The van der Waals surface area contributed by atoms with E-state index in [0.29, 0.717) is 16.7 Å². The predicted molar refractivity (Wildman–Crippen MR) is 89.4 cm³/mol. The van der Waals surface area contributed by atoms with Crippen LogP contribution in [0, 0.1) is 35.0 Å². The van der Waals surface area contributed by atoms with Gasteiger partial charge in [0.15, 0.2) is 29.1 Å². The summed E-state index contributed by atoms with van der Waals surface area (Å²) in [5.41, 5.74) is -1.62. The Balaban J connectivity index is 2.10. The van der Waals surface area contributed by atoms with Crippen LogP contribution in [0.4, 0.5) is 22.0 Å². The van der Waals surface area contributed by atoms with E-state index >= 15 is 0 Å². The average molecular weight is 428 g/mol. The predicted octanol–water partition coefficient (Wildman–Crippen LogP) is 3.01. The maximum absolute atomic E-state index is 13.7. The number of rotatable bonds is 7. The standard InChI is InChI=1S/C17H16F5NO4S/c1-7(16(25)23-4-2-3-8(23)17(26)27)5-28-6-9(24)10-11(18)13(20)15(22)14(21)12(10)19/h7-8H,2-6H2,1H3,(H,26,27)/t7-,8+/m1/s1/i4D2,8D. The van der Waals surface area contributed by atoms with Gasteiger partial charge in [-0.25, -0.2) is 26.7 Å².